The molecule has 0 aliphatic carbocycles. The quantitative estimate of drug-likeness (QED) is 0.884. The fourth-order valence-electron chi connectivity index (χ4n) is 2.81. The van der Waals surface area contributed by atoms with E-state index in [1.807, 2.05) is 24.3 Å². The van der Waals surface area contributed by atoms with Crippen LogP contribution in [-0.2, 0) is 6.42 Å². The number of hydrogen-bond acceptors (Lipinski definition) is 3. The highest BCUT2D eigenvalue weighted by molar-refractivity contribution is 5.78. The van der Waals surface area contributed by atoms with E-state index in [1.54, 1.807) is 0 Å². The Morgan fingerprint density at radius 3 is 3.00 bits per heavy atom. The van der Waals surface area contributed by atoms with Gasteiger partial charge in [0.1, 0.15) is 0 Å². The molecule has 2 N–H and O–H groups in total. The van der Waals surface area contributed by atoms with Crippen LogP contribution in [0.5, 0.6) is 0 Å². The minimum atomic E-state index is -0.290. The number of benzene rings is 1. The monoisotopic (exact) mass is 256 g/mol. The number of fused-ring (bicyclic) bond motifs is 1. The van der Waals surface area contributed by atoms with E-state index in [2.05, 4.69) is 22.4 Å². The molecule has 2 atom stereocenters. The molecule has 0 amide bonds. The first kappa shape index (κ1) is 12.6. The van der Waals surface area contributed by atoms with Crippen molar-refractivity contribution in [3.8, 4) is 0 Å². The Bertz CT molecular complexity index is 549. The van der Waals surface area contributed by atoms with Crippen LogP contribution in [0, 0.1) is 5.92 Å². The highest BCUT2D eigenvalue weighted by atomic mass is 16.3. The highest BCUT2D eigenvalue weighted by Gasteiger charge is 2.22. The molecule has 100 valence electrons. The first-order valence-corrected chi connectivity index (χ1v) is 7.06. The molecule has 1 aromatic carbocycles. The lowest BCUT2D eigenvalue weighted by atomic mass is 9.91. The van der Waals surface area contributed by atoms with Gasteiger partial charge in [-0.3, -0.25) is 4.98 Å². The van der Waals surface area contributed by atoms with E-state index in [4.69, 9.17) is 0 Å². The zero-order valence-electron chi connectivity index (χ0n) is 11.0. The summed E-state index contributed by atoms with van der Waals surface area (Å²) in [5, 5.41) is 14.8. The summed E-state index contributed by atoms with van der Waals surface area (Å²) in [7, 11) is 0. The van der Waals surface area contributed by atoms with E-state index >= 15 is 0 Å². The molecule has 1 fully saturated rings. The lowest BCUT2D eigenvalue weighted by Gasteiger charge is -2.27. The fourth-order valence-corrected chi connectivity index (χ4v) is 2.81. The SMILES string of the molecule is OC(Cc1ccc2ccccc2n1)C1CCCNC1. The Balaban J connectivity index is 1.73. The summed E-state index contributed by atoms with van der Waals surface area (Å²) >= 11 is 0. The number of aliphatic hydroxyl groups excluding tert-OH is 1. The summed E-state index contributed by atoms with van der Waals surface area (Å²) in [4.78, 5) is 4.63. The van der Waals surface area contributed by atoms with Gasteiger partial charge in [-0.1, -0.05) is 24.3 Å². The third kappa shape index (κ3) is 2.94. The van der Waals surface area contributed by atoms with Crippen molar-refractivity contribution in [1.29, 1.82) is 0 Å². The van der Waals surface area contributed by atoms with Gasteiger partial charge in [0.2, 0.25) is 0 Å². The average Bonchev–Trinajstić information content (AvgIpc) is 2.48. The maximum Gasteiger partial charge on any atom is 0.0705 e. The van der Waals surface area contributed by atoms with Gasteiger partial charge >= 0.3 is 0 Å². The van der Waals surface area contributed by atoms with E-state index in [1.165, 1.54) is 0 Å². The number of pyridine rings is 1. The minimum Gasteiger partial charge on any atom is -0.392 e. The molecule has 2 heterocycles. The molecule has 1 aromatic heterocycles. The maximum absolute atomic E-state index is 10.3. The predicted octanol–water partition coefficient (Wildman–Crippen LogP) is 2.14. The zero-order valence-corrected chi connectivity index (χ0v) is 11.0. The molecule has 0 bridgehead atoms. The molecule has 1 aliphatic heterocycles. The lowest BCUT2D eigenvalue weighted by Crippen LogP contribution is -2.37. The summed E-state index contributed by atoms with van der Waals surface area (Å²) < 4.78 is 0. The van der Waals surface area contributed by atoms with E-state index in [9.17, 15) is 5.11 Å². The van der Waals surface area contributed by atoms with Crippen molar-refractivity contribution in [2.75, 3.05) is 13.1 Å². The van der Waals surface area contributed by atoms with Gasteiger partial charge in [-0.05, 0) is 37.4 Å². The number of aromatic nitrogens is 1. The first-order chi connectivity index (χ1) is 9.33. The van der Waals surface area contributed by atoms with Crippen molar-refractivity contribution < 1.29 is 5.11 Å². The number of rotatable bonds is 3. The Morgan fingerprint density at radius 1 is 1.26 bits per heavy atom. The van der Waals surface area contributed by atoms with E-state index < -0.39 is 0 Å². The molecule has 19 heavy (non-hydrogen) atoms. The van der Waals surface area contributed by atoms with Crippen LogP contribution in [0.1, 0.15) is 18.5 Å². The van der Waals surface area contributed by atoms with Crippen LogP contribution in [0.4, 0.5) is 0 Å². The van der Waals surface area contributed by atoms with Gasteiger partial charge in [0.05, 0.1) is 11.6 Å². The van der Waals surface area contributed by atoms with Gasteiger partial charge in [-0.15, -0.1) is 0 Å². The number of hydrogen-bond donors (Lipinski definition) is 2. The minimum absolute atomic E-state index is 0.290. The van der Waals surface area contributed by atoms with Gasteiger partial charge in [0, 0.05) is 24.0 Å². The molecule has 0 spiro atoms. The molecule has 0 radical (unpaired) electrons. The molecule has 2 unspecified atom stereocenters. The van der Waals surface area contributed by atoms with Gasteiger partial charge in [-0.2, -0.15) is 0 Å². The Labute approximate surface area is 113 Å². The van der Waals surface area contributed by atoms with Crippen LogP contribution in [0.15, 0.2) is 36.4 Å². The molecule has 1 aliphatic rings. The number of piperidine rings is 1. The van der Waals surface area contributed by atoms with Crippen molar-refractivity contribution in [1.82, 2.24) is 10.3 Å². The average molecular weight is 256 g/mol. The normalized spacial score (nSPS) is 21.4. The van der Waals surface area contributed by atoms with Crippen molar-refractivity contribution >= 4 is 10.9 Å². The summed E-state index contributed by atoms with van der Waals surface area (Å²) in [5.74, 6) is 0.363. The van der Waals surface area contributed by atoms with Crippen LogP contribution in [0.2, 0.25) is 0 Å². The second-order valence-electron chi connectivity index (χ2n) is 5.37. The van der Waals surface area contributed by atoms with E-state index in [0.29, 0.717) is 12.3 Å². The smallest absolute Gasteiger partial charge is 0.0705 e. The number of nitrogens with zero attached hydrogens (tertiary/aromatic N) is 1. The second-order valence-corrected chi connectivity index (χ2v) is 5.37. The predicted molar refractivity (Wildman–Crippen MR) is 77.0 cm³/mol. The topological polar surface area (TPSA) is 45.2 Å². The van der Waals surface area contributed by atoms with Crippen LogP contribution in [0.25, 0.3) is 10.9 Å². The third-order valence-corrected chi connectivity index (χ3v) is 3.95. The lowest BCUT2D eigenvalue weighted by molar-refractivity contribution is 0.0914. The number of para-hydroxylation sites is 1. The zero-order chi connectivity index (χ0) is 13.1. The molecule has 0 saturated carbocycles. The molecule has 3 nitrogen and oxygen atoms in total. The Hall–Kier alpha value is -1.45. The Morgan fingerprint density at radius 2 is 2.16 bits per heavy atom. The number of aliphatic hydroxyl groups is 1. The highest BCUT2D eigenvalue weighted by Crippen LogP contribution is 2.19. The van der Waals surface area contributed by atoms with Crippen LogP contribution < -0.4 is 5.32 Å². The third-order valence-electron chi connectivity index (χ3n) is 3.95. The van der Waals surface area contributed by atoms with E-state index in [-0.39, 0.29) is 6.10 Å². The molecular formula is C16H20N2O. The van der Waals surface area contributed by atoms with Crippen LogP contribution in [0.3, 0.4) is 0 Å². The summed E-state index contributed by atoms with van der Waals surface area (Å²) in [6.07, 6.45) is 2.63. The first-order valence-electron chi connectivity index (χ1n) is 7.06. The number of nitrogens with one attached hydrogen (secondary N) is 1. The summed E-state index contributed by atoms with van der Waals surface area (Å²) in [6.45, 7) is 2.01. The molecule has 3 heteroatoms. The summed E-state index contributed by atoms with van der Waals surface area (Å²) in [5.41, 5.74) is 1.99. The van der Waals surface area contributed by atoms with Gasteiger partial charge in [0.15, 0.2) is 0 Å². The standard InChI is InChI=1S/C16H20N2O/c19-16(13-5-3-9-17-11-13)10-14-8-7-12-4-1-2-6-15(12)18-14/h1-2,4,6-8,13,16-17,19H,3,5,9-11H2. The van der Waals surface area contributed by atoms with Crippen molar-refractivity contribution in [3.63, 3.8) is 0 Å². The van der Waals surface area contributed by atoms with E-state index in [0.717, 1.165) is 42.5 Å². The molecule has 1 saturated heterocycles. The van der Waals surface area contributed by atoms with Crippen molar-refractivity contribution in [3.05, 3.63) is 42.1 Å². The maximum atomic E-state index is 10.3. The fraction of sp³-hybridized carbons (Fsp3) is 0.438. The van der Waals surface area contributed by atoms with Gasteiger partial charge in [-0.25, -0.2) is 0 Å². The largest absolute Gasteiger partial charge is 0.392 e. The van der Waals surface area contributed by atoms with Crippen molar-refractivity contribution in [2.24, 2.45) is 5.92 Å². The summed E-state index contributed by atoms with van der Waals surface area (Å²) in [6, 6.07) is 12.2. The van der Waals surface area contributed by atoms with Crippen LogP contribution in [-0.4, -0.2) is 29.3 Å². The van der Waals surface area contributed by atoms with Gasteiger partial charge in [0.25, 0.3) is 0 Å². The molecule has 2 aromatic rings. The second kappa shape index (κ2) is 5.68. The molecular weight excluding hydrogens is 236 g/mol. The van der Waals surface area contributed by atoms with Crippen molar-refractivity contribution in [2.45, 2.75) is 25.4 Å². The van der Waals surface area contributed by atoms with Crippen LogP contribution >= 0.6 is 0 Å². The van der Waals surface area contributed by atoms with Gasteiger partial charge < -0.3 is 10.4 Å². The molecule has 3 rings (SSSR count). The Kier molecular flexibility index (Phi) is 3.76.